The van der Waals surface area contributed by atoms with Gasteiger partial charge in [-0.3, -0.25) is 4.90 Å². The summed E-state index contributed by atoms with van der Waals surface area (Å²) in [7, 11) is 0. The monoisotopic (exact) mass is 324 g/mol. The standard InChI is InChI=1S/C14H19ClF2N2.ClH/c1-10-2-3-11(8-12(10)15)13(9-14(16)17)19-6-4-18-5-7-19;/h2-3,8,13-14,18H,4-7,9H2,1H3;1H/t13-;/m1./s1. The number of rotatable bonds is 4. The van der Waals surface area contributed by atoms with Gasteiger partial charge in [-0.25, -0.2) is 8.78 Å². The van der Waals surface area contributed by atoms with Crippen LogP contribution >= 0.6 is 24.0 Å². The zero-order valence-corrected chi connectivity index (χ0v) is 13.0. The molecule has 0 radical (unpaired) electrons. The predicted molar refractivity (Wildman–Crippen MR) is 81.2 cm³/mol. The Morgan fingerprint density at radius 2 is 1.95 bits per heavy atom. The third-order valence-corrected chi connectivity index (χ3v) is 3.98. The predicted octanol–water partition coefficient (Wildman–Crippen LogP) is 3.67. The lowest BCUT2D eigenvalue weighted by Gasteiger charge is -2.35. The van der Waals surface area contributed by atoms with Crippen LogP contribution in [0, 0.1) is 6.92 Å². The fourth-order valence-electron chi connectivity index (χ4n) is 2.47. The molecule has 114 valence electrons. The Morgan fingerprint density at radius 3 is 2.50 bits per heavy atom. The van der Waals surface area contributed by atoms with Crippen LogP contribution in [0.25, 0.3) is 0 Å². The van der Waals surface area contributed by atoms with E-state index in [-0.39, 0.29) is 24.9 Å². The first-order valence-electron chi connectivity index (χ1n) is 6.57. The normalized spacial score (nSPS) is 17.9. The molecule has 2 rings (SSSR count). The zero-order chi connectivity index (χ0) is 13.8. The van der Waals surface area contributed by atoms with Crippen LogP contribution in [0.15, 0.2) is 18.2 Å². The van der Waals surface area contributed by atoms with E-state index in [0.717, 1.165) is 37.3 Å². The van der Waals surface area contributed by atoms with Crippen molar-refractivity contribution in [3.05, 3.63) is 34.3 Å². The van der Waals surface area contributed by atoms with Crippen molar-refractivity contribution in [2.45, 2.75) is 25.8 Å². The highest BCUT2D eigenvalue weighted by Crippen LogP contribution is 2.30. The highest BCUT2D eigenvalue weighted by atomic mass is 35.5. The van der Waals surface area contributed by atoms with Crippen molar-refractivity contribution in [1.29, 1.82) is 0 Å². The molecule has 1 aliphatic rings. The molecule has 1 atom stereocenters. The second-order valence-corrected chi connectivity index (χ2v) is 5.34. The zero-order valence-electron chi connectivity index (χ0n) is 11.4. The van der Waals surface area contributed by atoms with E-state index in [1.165, 1.54) is 0 Å². The van der Waals surface area contributed by atoms with Crippen molar-refractivity contribution in [3.8, 4) is 0 Å². The minimum atomic E-state index is -2.31. The maximum atomic E-state index is 12.8. The highest BCUT2D eigenvalue weighted by Gasteiger charge is 2.25. The molecular weight excluding hydrogens is 305 g/mol. The third kappa shape index (κ3) is 4.55. The number of piperazine rings is 1. The number of nitrogens with zero attached hydrogens (tertiary/aromatic N) is 1. The van der Waals surface area contributed by atoms with Gasteiger partial charge >= 0.3 is 0 Å². The third-order valence-electron chi connectivity index (χ3n) is 3.57. The average molecular weight is 325 g/mol. The van der Waals surface area contributed by atoms with Crippen LogP contribution in [-0.2, 0) is 0 Å². The largest absolute Gasteiger partial charge is 0.314 e. The summed E-state index contributed by atoms with van der Waals surface area (Å²) in [5.41, 5.74) is 1.86. The van der Waals surface area contributed by atoms with Gasteiger partial charge in [0.25, 0.3) is 0 Å². The van der Waals surface area contributed by atoms with Crippen molar-refractivity contribution >= 4 is 24.0 Å². The molecule has 0 amide bonds. The van der Waals surface area contributed by atoms with Crippen LogP contribution in [0.4, 0.5) is 8.78 Å². The Hall–Kier alpha value is -0.420. The fraction of sp³-hybridized carbons (Fsp3) is 0.571. The Bertz CT molecular complexity index is 424. The summed E-state index contributed by atoms with van der Waals surface area (Å²) in [5.74, 6) is 0. The summed E-state index contributed by atoms with van der Waals surface area (Å²) in [6.45, 7) is 5.20. The Kier molecular flexibility index (Phi) is 7.17. The lowest BCUT2D eigenvalue weighted by Crippen LogP contribution is -2.45. The number of halogens is 4. The van der Waals surface area contributed by atoms with Crippen molar-refractivity contribution in [2.75, 3.05) is 26.2 Å². The van der Waals surface area contributed by atoms with Gasteiger partial charge in [-0.1, -0.05) is 23.7 Å². The number of alkyl halides is 2. The molecule has 1 heterocycles. The first-order chi connectivity index (χ1) is 9.08. The Balaban J connectivity index is 0.00000200. The number of nitrogens with one attached hydrogen (secondary N) is 1. The number of aryl methyl sites for hydroxylation is 1. The Labute approximate surface area is 129 Å². The van der Waals surface area contributed by atoms with E-state index >= 15 is 0 Å². The van der Waals surface area contributed by atoms with Crippen molar-refractivity contribution in [1.82, 2.24) is 10.2 Å². The summed E-state index contributed by atoms with van der Waals surface area (Å²) in [4.78, 5) is 2.11. The van der Waals surface area contributed by atoms with E-state index in [2.05, 4.69) is 10.2 Å². The van der Waals surface area contributed by atoms with Crippen molar-refractivity contribution in [3.63, 3.8) is 0 Å². The molecule has 1 saturated heterocycles. The quantitative estimate of drug-likeness (QED) is 0.909. The summed E-state index contributed by atoms with van der Waals surface area (Å²) in [6, 6.07) is 5.39. The first kappa shape index (κ1) is 17.6. The topological polar surface area (TPSA) is 15.3 Å². The molecule has 20 heavy (non-hydrogen) atoms. The van der Waals surface area contributed by atoms with Crippen molar-refractivity contribution in [2.24, 2.45) is 0 Å². The van der Waals surface area contributed by atoms with Gasteiger partial charge in [0.2, 0.25) is 6.43 Å². The maximum Gasteiger partial charge on any atom is 0.240 e. The Morgan fingerprint density at radius 1 is 1.30 bits per heavy atom. The van der Waals surface area contributed by atoms with Gasteiger partial charge < -0.3 is 5.32 Å². The molecule has 0 unspecified atom stereocenters. The van der Waals surface area contributed by atoms with E-state index in [0.29, 0.717) is 5.02 Å². The van der Waals surface area contributed by atoms with Crippen LogP contribution in [-0.4, -0.2) is 37.5 Å². The fourth-order valence-corrected chi connectivity index (χ4v) is 2.66. The average Bonchev–Trinajstić information content (AvgIpc) is 2.40. The maximum absolute atomic E-state index is 12.8. The van der Waals surface area contributed by atoms with Crippen LogP contribution in [0.1, 0.15) is 23.6 Å². The van der Waals surface area contributed by atoms with Crippen LogP contribution in [0.3, 0.4) is 0 Å². The van der Waals surface area contributed by atoms with Gasteiger partial charge in [0.15, 0.2) is 0 Å². The summed E-state index contributed by atoms with van der Waals surface area (Å²) >= 11 is 6.12. The molecule has 1 aliphatic heterocycles. The molecule has 0 saturated carbocycles. The molecule has 1 N–H and O–H groups in total. The molecule has 6 heteroatoms. The van der Waals surface area contributed by atoms with Gasteiger partial charge in [-0.2, -0.15) is 0 Å². The molecule has 0 spiro atoms. The van der Waals surface area contributed by atoms with E-state index in [1.54, 1.807) is 0 Å². The molecule has 1 aromatic carbocycles. The second-order valence-electron chi connectivity index (χ2n) is 4.94. The minimum absolute atomic E-state index is 0. The lowest BCUT2D eigenvalue weighted by molar-refractivity contribution is 0.0739. The van der Waals surface area contributed by atoms with Gasteiger partial charge in [-0.15, -0.1) is 12.4 Å². The molecule has 0 aromatic heterocycles. The minimum Gasteiger partial charge on any atom is -0.314 e. The summed E-state index contributed by atoms with van der Waals surface area (Å²) in [5, 5.41) is 3.88. The van der Waals surface area contributed by atoms with E-state index < -0.39 is 6.43 Å². The molecule has 1 fully saturated rings. The molecular formula is C14H20Cl2F2N2. The van der Waals surface area contributed by atoms with Crippen LogP contribution in [0.2, 0.25) is 5.02 Å². The summed E-state index contributed by atoms with van der Waals surface area (Å²) < 4.78 is 25.7. The first-order valence-corrected chi connectivity index (χ1v) is 6.94. The van der Waals surface area contributed by atoms with Crippen molar-refractivity contribution < 1.29 is 8.78 Å². The van der Waals surface area contributed by atoms with Gasteiger partial charge in [-0.05, 0) is 24.1 Å². The van der Waals surface area contributed by atoms with E-state index in [4.69, 9.17) is 11.6 Å². The second kappa shape index (κ2) is 8.13. The highest BCUT2D eigenvalue weighted by molar-refractivity contribution is 6.31. The molecule has 2 nitrogen and oxygen atoms in total. The molecule has 1 aromatic rings. The SMILES string of the molecule is Cc1ccc([C@@H](CC(F)F)N2CCNCC2)cc1Cl.Cl. The molecule has 0 aliphatic carbocycles. The van der Waals surface area contributed by atoms with E-state index in [9.17, 15) is 8.78 Å². The van der Waals surface area contributed by atoms with Crippen LogP contribution in [0.5, 0.6) is 0 Å². The van der Waals surface area contributed by atoms with Gasteiger partial charge in [0.05, 0.1) is 0 Å². The van der Waals surface area contributed by atoms with E-state index in [1.807, 2.05) is 25.1 Å². The van der Waals surface area contributed by atoms with Crippen LogP contribution < -0.4 is 5.32 Å². The molecule has 0 bridgehead atoms. The number of hydrogen-bond acceptors (Lipinski definition) is 2. The number of hydrogen-bond donors (Lipinski definition) is 1. The number of benzene rings is 1. The van der Waals surface area contributed by atoms with Gasteiger partial charge in [0, 0.05) is 43.7 Å². The summed E-state index contributed by atoms with van der Waals surface area (Å²) in [6.07, 6.45) is -2.45. The smallest absolute Gasteiger partial charge is 0.240 e. The van der Waals surface area contributed by atoms with Gasteiger partial charge in [0.1, 0.15) is 0 Å². The lowest BCUT2D eigenvalue weighted by atomic mass is 10.00.